The van der Waals surface area contributed by atoms with Gasteiger partial charge >= 0.3 is 6.09 Å². The molecule has 1 aliphatic rings. The fourth-order valence-electron chi connectivity index (χ4n) is 3.32. The second-order valence-corrected chi connectivity index (χ2v) is 7.64. The third kappa shape index (κ3) is 4.63. The Morgan fingerprint density at radius 3 is 2.59 bits per heavy atom. The highest BCUT2D eigenvalue weighted by atomic mass is 32.1. The molecule has 1 N–H and O–H groups in total. The summed E-state index contributed by atoms with van der Waals surface area (Å²) in [6.45, 7) is 0.705. The number of amides is 2. The third-order valence-electron chi connectivity index (χ3n) is 4.80. The summed E-state index contributed by atoms with van der Waals surface area (Å²) in [5.41, 5.74) is 2.73. The van der Waals surface area contributed by atoms with Crippen molar-refractivity contribution in [3.05, 3.63) is 71.6 Å². The topological polar surface area (TPSA) is 71.5 Å². The number of carbonyl (C=O) groups is 2. The van der Waals surface area contributed by atoms with Crippen LogP contribution in [-0.2, 0) is 16.1 Å². The van der Waals surface area contributed by atoms with Crippen molar-refractivity contribution in [2.24, 2.45) is 0 Å². The number of carbonyl (C=O) groups excluding carboxylic acids is 2. The Balaban J connectivity index is 1.36. The number of anilines is 1. The van der Waals surface area contributed by atoms with Crippen LogP contribution in [0.2, 0.25) is 0 Å². The molecule has 7 heteroatoms. The van der Waals surface area contributed by atoms with Crippen LogP contribution in [0.15, 0.2) is 66.0 Å². The molecular formula is C22H21N3O3S. The van der Waals surface area contributed by atoms with E-state index in [0.29, 0.717) is 18.1 Å². The minimum Gasteiger partial charge on any atom is -0.445 e. The largest absolute Gasteiger partial charge is 0.445 e. The van der Waals surface area contributed by atoms with Gasteiger partial charge in [-0.2, -0.15) is 0 Å². The van der Waals surface area contributed by atoms with Gasteiger partial charge < -0.3 is 10.1 Å². The number of thiazole rings is 1. The van der Waals surface area contributed by atoms with Crippen molar-refractivity contribution in [2.75, 3.05) is 11.9 Å². The maximum atomic E-state index is 12.8. The standard InChI is InChI=1S/C22H21N3O3S/c26-20(24-21-23-18(15-29-21)17-10-5-2-6-11-17)19-12-7-13-25(19)22(27)28-14-16-8-3-1-4-9-16/h1-6,8-11,15,19H,7,12-14H2,(H,23,24,26)/t19-/m1/s1. The van der Waals surface area contributed by atoms with E-state index in [2.05, 4.69) is 10.3 Å². The van der Waals surface area contributed by atoms with Crippen molar-refractivity contribution in [1.82, 2.24) is 9.88 Å². The molecule has 6 nitrogen and oxygen atoms in total. The fraction of sp³-hybridized carbons (Fsp3) is 0.227. The number of nitrogens with zero attached hydrogens (tertiary/aromatic N) is 2. The van der Waals surface area contributed by atoms with E-state index >= 15 is 0 Å². The molecule has 148 valence electrons. The van der Waals surface area contributed by atoms with Crippen LogP contribution in [0.4, 0.5) is 9.93 Å². The van der Waals surface area contributed by atoms with Gasteiger partial charge in [0.15, 0.2) is 5.13 Å². The SMILES string of the molecule is O=C(Nc1nc(-c2ccccc2)cs1)[C@H]1CCCN1C(=O)OCc1ccccc1. The lowest BCUT2D eigenvalue weighted by Gasteiger charge is -2.22. The molecule has 1 aromatic heterocycles. The molecule has 1 atom stereocenters. The summed E-state index contributed by atoms with van der Waals surface area (Å²) in [5.74, 6) is -0.229. The van der Waals surface area contributed by atoms with Gasteiger partial charge in [-0.15, -0.1) is 11.3 Å². The van der Waals surface area contributed by atoms with Crippen molar-refractivity contribution in [3.8, 4) is 11.3 Å². The predicted molar refractivity (Wildman–Crippen MR) is 113 cm³/mol. The number of benzene rings is 2. The van der Waals surface area contributed by atoms with Gasteiger partial charge in [-0.1, -0.05) is 60.7 Å². The molecule has 0 unspecified atom stereocenters. The molecule has 1 aliphatic heterocycles. The van der Waals surface area contributed by atoms with Gasteiger partial charge in [-0.05, 0) is 18.4 Å². The lowest BCUT2D eigenvalue weighted by atomic mass is 10.2. The molecule has 0 saturated carbocycles. The molecule has 0 spiro atoms. The van der Waals surface area contributed by atoms with E-state index in [9.17, 15) is 9.59 Å². The van der Waals surface area contributed by atoms with Crippen molar-refractivity contribution < 1.29 is 14.3 Å². The average Bonchev–Trinajstić information content (AvgIpc) is 3.43. The summed E-state index contributed by atoms with van der Waals surface area (Å²) in [4.78, 5) is 31.2. The van der Waals surface area contributed by atoms with E-state index < -0.39 is 12.1 Å². The number of aromatic nitrogens is 1. The Kier molecular flexibility index (Phi) is 5.86. The van der Waals surface area contributed by atoms with E-state index in [1.807, 2.05) is 66.0 Å². The first-order valence-electron chi connectivity index (χ1n) is 9.50. The Morgan fingerprint density at radius 1 is 1.10 bits per heavy atom. The van der Waals surface area contributed by atoms with Crippen LogP contribution in [-0.4, -0.2) is 34.5 Å². The Morgan fingerprint density at radius 2 is 1.83 bits per heavy atom. The van der Waals surface area contributed by atoms with Gasteiger partial charge in [-0.3, -0.25) is 9.69 Å². The van der Waals surface area contributed by atoms with E-state index in [1.54, 1.807) is 0 Å². The molecule has 0 radical (unpaired) electrons. The maximum absolute atomic E-state index is 12.8. The van der Waals surface area contributed by atoms with E-state index in [0.717, 1.165) is 23.2 Å². The van der Waals surface area contributed by atoms with E-state index in [1.165, 1.54) is 16.2 Å². The Labute approximate surface area is 173 Å². The Bertz CT molecular complexity index is 975. The maximum Gasteiger partial charge on any atom is 0.410 e. The summed E-state index contributed by atoms with van der Waals surface area (Å²) < 4.78 is 5.40. The average molecular weight is 407 g/mol. The van der Waals surface area contributed by atoms with Crippen LogP contribution in [0.3, 0.4) is 0 Å². The molecule has 0 bridgehead atoms. The van der Waals surface area contributed by atoms with Crippen LogP contribution in [0.5, 0.6) is 0 Å². The van der Waals surface area contributed by atoms with Crippen LogP contribution < -0.4 is 5.32 Å². The van der Waals surface area contributed by atoms with Crippen LogP contribution >= 0.6 is 11.3 Å². The van der Waals surface area contributed by atoms with Gasteiger partial charge in [0.2, 0.25) is 5.91 Å². The smallest absolute Gasteiger partial charge is 0.410 e. The number of nitrogens with one attached hydrogen (secondary N) is 1. The van der Waals surface area contributed by atoms with Gasteiger partial charge in [0.05, 0.1) is 5.69 Å². The summed E-state index contributed by atoms with van der Waals surface area (Å²) in [7, 11) is 0. The summed E-state index contributed by atoms with van der Waals surface area (Å²) in [6.07, 6.45) is 0.921. The second kappa shape index (κ2) is 8.87. The number of likely N-dealkylation sites (tertiary alicyclic amines) is 1. The normalized spacial score (nSPS) is 15.9. The number of hydrogen-bond acceptors (Lipinski definition) is 5. The monoisotopic (exact) mass is 407 g/mol. The summed E-state index contributed by atoms with van der Waals surface area (Å²) in [5, 5.41) is 5.29. The quantitative estimate of drug-likeness (QED) is 0.674. The number of ether oxygens (including phenoxy) is 1. The molecule has 3 aromatic rings. The molecule has 2 aromatic carbocycles. The Hall–Kier alpha value is -3.19. The highest BCUT2D eigenvalue weighted by molar-refractivity contribution is 7.14. The van der Waals surface area contributed by atoms with Crippen molar-refractivity contribution >= 4 is 28.5 Å². The summed E-state index contributed by atoms with van der Waals surface area (Å²) in [6, 6.07) is 18.8. The third-order valence-corrected chi connectivity index (χ3v) is 5.56. The van der Waals surface area contributed by atoms with Crippen molar-refractivity contribution in [1.29, 1.82) is 0 Å². The zero-order chi connectivity index (χ0) is 20.1. The lowest BCUT2D eigenvalue weighted by Crippen LogP contribution is -2.43. The van der Waals surface area contributed by atoms with Gasteiger partial charge in [-0.25, -0.2) is 9.78 Å². The van der Waals surface area contributed by atoms with Crippen LogP contribution in [0.25, 0.3) is 11.3 Å². The van der Waals surface area contributed by atoms with Crippen molar-refractivity contribution in [2.45, 2.75) is 25.5 Å². The van der Waals surface area contributed by atoms with Gasteiger partial charge in [0.1, 0.15) is 12.6 Å². The first-order valence-corrected chi connectivity index (χ1v) is 10.4. The van der Waals surface area contributed by atoms with Gasteiger partial charge in [0, 0.05) is 17.5 Å². The molecule has 29 heavy (non-hydrogen) atoms. The number of rotatable bonds is 5. The minimum atomic E-state index is -0.539. The lowest BCUT2D eigenvalue weighted by molar-refractivity contribution is -0.120. The van der Waals surface area contributed by atoms with Crippen molar-refractivity contribution in [3.63, 3.8) is 0 Å². The predicted octanol–water partition coefficient (Wildman–Crippen LogP) is 4.55. The van der Waals surface area contributed by atoms with E-state index in [-0.39, 0.29) is 12.5 Å². The minimum absolute atomic E-state index is 0.192. The van der Waals surface area contributed by atoms with Crippen LogP contribution in [0.1, 0.15) is 18.4 Å². The molecule has 1 fully saturated rings. The molecule has 2 heterocycles. The first kappa shape index (κ1) is 19.1. The van der Waals surface area contributed by atoms with Crippen LogP contribution in [0, 0.1) is 0 Å². The zero-order valence-corrected chi connectivity index (χ0v) is 16.6. The first-order chi connectivity index (χ1) is 14.2. The molecule has 2 amide bonds. The molecule has 1 saturated heterocycles. The second-order valence-electron chi connectivity index (χ2n) is 6.78. The van der Waals surface area contributed by atoms with Gasteiger partial charge in [0.25, 0.3) is 0 Å². The zero-order valence-electron chi connectivity index (χ0n) is 15.8. The molecule has 4 rings (SSSR count). The highest BCUT2D eigenvalue weighted by Gasteiger charge is 2.35. The molecule has 0 aliphatic carbocycles. The fourth-order valence-corrected chi connectivity index (χ4v) is 4.04. The highest BCUT2D eigenvalue weighted by Crippen LogP contribution is 2.26. The summed E-state index contributed by atoms with van der Waals surface area (Å²) >= 11 is 1.37. The van der Waals surface area contributed by atoms with E-state index in [4.69, 9.17) is 4.74 Å². The molecular weight excluding hydrogens is 386 g/mol. The number of hydrogen-bond donors (Lipinski definition) is 1.